The van der Waals surface area contributed by atoms with Crippen LogP contribution in [0.5, 0.6) is 0 Å². The van der Waals surface area contributed by atoms with Gasteiger partial charge in [-0.1, -0.05) is 12.1 Å². The lowest BCUT2D eigenvalue weighted by Crippen LogP contribution is -2.28. The Hall–Kier alpha value is -2.82. The van der Waals surface area contributed by atoms with Crippen molar-refractivity contribution in [2.45, 2.75) is 19.3 Å². The minimum Gasteiger partial charge on any atom is -0.361 e. The van der Waals surface area contributed by atoms with Gasteiger partial charge in [0.25, 0.3) is 5.56 Å². The summed E-state index contributed by atoms with van der Waals surface area (Å²) >= 11 is 0. The van der Waals surface area contributed by atoms with Crippen molar-refractivity contribution >= 4 is 5.69 Å². The lowest BCUT2D eigenvalue weighted by atomic mass is 10.1. The van der Waals surface area contributed by atoms with Gasteiger partial charge in [0.2, 0.25) is 0 Å². The molecule has 22 heavy (non-hydrogen) atoms. The molecule has 5 nitrogen and oxygen atoms in total. The molecule has 0 aliphatic carbocycles. The number of fused-ring (bicyclic) bond motifs is 1. The monoisotopic (exact) mass is 306 g/mol. The molecular weight excluding hydrogens is 297 g/mol. The van der Waals surface area contributed by atoms with Gasteiger partial charge in [-0.05, 0) is 17.2 Å². The summed E-state index contributed by atoms with van der Waals surface area (Å²) in [7, 11) is 0. The molecule has 0 amide bonds. The van der Waals surface area contributed by atoms with Gasteiger partial charge in [-0.2, -0.15) is 23.5 Å². The highest BCUT2D eigenvalue weighted by molar-refractivity contribution is 5.58. The molecule has 1 aromatic carbocycles. The van der Waals surface area contributed by atoms with Crippen molar-refractivity contribution in [2.24, 2.45) is 0 Å². The highest BCUT2D eigenvalue weighted by atomic mass is 19.4. The van der Waals surface area contributed by atoms with Crippen LogP contribution in [0.4, 0.5) is 18.9 Å². The Morgan fingerprint density at radius 3 is 2.77 bits per heavy atom. The second-order valence-corrected chi connectivity index (χ2v) is 4.87. The summed E-state index contributed by atoms with van der Waals surface area (Å²) in [4.78, 5) is 12.9. The minimum atomic E-state index is -4.78. The highest BCUT2D eigenvalue weighted by Gasteiger charge is 2.39. The number of nitrogens with zero attached hydrogens (tertiary/aromatic N) is 3. The molecule has 0 saturated carbocycles. The second-order valence-electron chi connectivity index (χ2n) is 4.87. The van der Waals surface area contributed by atoms with Crippen molar-refractivity contribution in [2.75, 3.05) is 4.90 Å². The van der Waals surface area contributed by atoms with Crippen LogP contribution in [0.3, 0.4) is 0 Å². The van der Waals surface area contributed by atoms with E-state index < -0.39 is 17.3 Å². The first-order valence-corrected chi connectivity index (χ1v) is 6.32. The number of H-pyrrole nitrogens is 1. The molecule has 0 unspecified atom stereocenters. The molecule has 0 radical (unpaired) electrons. The first-order valence-electron chi connectivity index (χ1n) is 6.32. The Bertz CT molecular complexity index is 835. The van der Waals surface area contributed by atoms with Crippen LogP contribution >= 0.6 is 0 Å². The standard InChI is InChI=1S/C14H9F3N4O/c15-14(16,17)12-11(5-19-20-13(12)22)21-6-9-3-1-2-8(4-18)10(9)7-21/h1-3,5H,6-7H2,(H,20,22). The Kier molecular flexibility index (Phi) is 3.13. The van der Waals surface area contributed by atoms with E-state index in [1.54, 1.807) is 18.2 Å². The normalized spacial score (nSPS) is 13.8. The fourth-order valence-electron chi connectivity index (χ4n) is 2.60. The van der Waals surface area contributed by atoms with Crippen molar-refractivity contribution in [3.05, 3.63) is 57.0 Å². The molecule has 112 valence electrons. The fraction of sp³-hybridized carbons (Fsp3) is 0.214. The van der Waals surface area contributed by atoms with Crippen LogP contribution in [0.1, 0.15) is 22.3 Å². The first kappa shape index (κ1) is 14.1. The summed E-state index contributed by atoms with van der Waals surface area (Å²) in [6, 6.07) is 7.07. The Morgan fingerprint density at radius 2 is 2.09 bits per heavy atom. The van der Waals surface area contributed by atoms with Crippen molar-refractivity contribution in [3.8, 4) is 6.07 Å². The zero-order chi connectivity index (χ0) is 15.9. The smallest absolute Gasteiger partial charge is 0.361 e. The Morgan fingerprint density at radius 1 is 1.32 bits per heavy atom. The largest absolute Gasteiger partial charge is 0.423 e. The van der Waals surface area contributed by atoms with Crippen LogP contribution in [0, 0.1) is 11.3 Å². The summed E-state index contributed by atoms with van der Waals surface area (Å²) in [5, 5.41) is 14.3. The summed E-state index contributed by atoms with van der Waals surface area (Å²) in [5.41, 5.74) is -0.955. The van der Waals surface area contributed by atoms with Gasteiger partial charge < -0.3 is 4.90 Å². The van der Waals surface area contributed by atoms with Crippen LogP contribution in [0.15, 0.2) is 29.2 Å². The van der Waals surface area contributed by atoms with E-state index in [1.807, 2.05) is 11.2 Å². The van der Waals surface area contributed by atoms with Crippen LogP contribution < -0.4 is 10.5 Å². The summed E-state index contributed by atoms with van der Waals surface area (Å²) < 4.78 is 39.3. The molecule has 0 bridgehead atoms. The number of aromatic amines is 1. The molecule has 1 aliphatic heterocycles. The third-order valence-corrected chi connectivity index (χ3v) is 3.56. The van der Waals surface area contributed by atoms with Gasteiger partial charge in [0.15, 0.2) is 0 Å². The lowest BCUT2D eigenvalue weighted by molar-refractivity contribution is -0.138. The number of benzene rings is 1. The topological polar surface area (TPSA) is 72.8 Å². The van der Waals surface area contributed by atoms with Gasteiger partial charge in [0.1, 0.15) is 5.56 Å². The molecule has 3 rings (SSSR count). The van der Waals surface area contributed by atoms with Gasteiger partial charge >= 0.3 is 6.18 Å². The van der Waals surface area contributed by atoms with E-state index in [0.717, 1.165) is 11.8 Å². The summed E-state index contributed by atoms with van der Waals surface area (Å²) in [6.07, 6.45) is -3.79. The van der Waals surface area contributed by atoms with Crippen LogP contribution in [-0.2, 0) is 19.3 Å². The van der Waals surface area contributed by atoms with Crippen molar-refractivity contribution in [1.82, 2.24) is 10.2 Å². The average Bonchev–Trinajstić information content (AvgIpc) is 2.89. The molecule has 2 aromatic rings. The Balaban J connectivity index is 2.08. The predicted octanol–water partition coefficient (Wildman–Crippen LogP) is 2.18. The molecule has 8 heteroatoms. The van der Waals surface area contributed by atoms with E-state index >= 15 is 0 Å². The summed E-state index contributed by atoms with van der Waals surface area (Å²) in [5.74, 6) is 0. The third-order valence-electron chi connectivity index (χ3n) is 3.56. The van der Waals surface area contributed by atoms with Crippen LogP contribution in [0.25, 0.3) is 0 Å². The number of alkyl halides is 3. The fourth-order valence-corrected chi connectivity index (χ4v) is 2.60. The van der Waals surface area contributed by atoms with Gasteiger partial charge in [0.05, 0.1) is 23.5 Å². The van der Waals surface area contributed by atoms with Crippen molar-refractivity contribution < 1.29 is 13.2 Å². The average molecular weight is 306 g/mol. The van der Waals surface area contributed by atoms with Gasteiger partial charge in [-0.3, -0.25) is 4.79 Å². The number of anilines is 1. The first-order chi connectivity index (χ1) is 10.4. The van der Waals surface area contributed by atoms with E-state index in [1.165, 1.54) is 4.90 Å². The maximum Gasteiger partial charge on any atom is 0.423 e. The van der Waals surface area contributed by atoms with E-state index in [-0.39, 0.29) is 18.8 Å². The van der Waals surface area contributed by atoms with Gasteiger partial charge in [-0.15, -0.1) is 0 Å². The second kappa shape index (κ2) is 4.87. The zero-order valence-electron chi connectivity index (χ0n) is 11.1. The van der Waals surface area contributed by atoms with E-state index in [0.29, 0.717) is 11.1 Å². The van der Waals surface area contributed by atoms with E-state index in [4.69, 9.17) is 5.26 Å². The number of hydrogen-bond acceptors (Lipinski definition) is 4. The Labute approximate surface area is 122 Å². The molecule has 1 aliphatic rings. The molecule has 1 N–H and O–H groups in total. The zero-order valence-corrected chi connectivity index (χ0v) is 11.1. The van der Waals surface area contributed by atoms with Crippen LogP contribution in [0.2, 0.25) is 0 Å². The van der Waals surface area contributed by atoms with E-state index in [9.17, 15) is 18.0 Å². The molecule has 0 saturated heterocycles. The lowest BCUT2D eigenvalue weighted by Gasteiger charge is -2.21. The van der Waals surface area contributed by atoms with Crippen molar-refractivity contribution in [3.63, 3.8) is 0 Å². The summed E-state index contributed by atoms with van der Waals surface area (Å²) in [6.45, 7) is 0.326. The third kappa shape index (κ3) is 2.20. The van der Waals surface area contributed by atoms with Gasteiger partial charge in [-0.25, -0.2) is 5.10 Å². The van der Waals surface area contributed by atoms with Crippen molar-refractivity contribution in [1.29, 1.82) is 5.26 Å². The molecule has 1 aromatic heterocycles. The molecule has 0 fully saturated rings. The number of halogens is 3. The van der Waals surface area contributed by atoms with E-state index in [2.05, 4.69) is 5.10 Å². The molecular formula is C14H9F3N4O. The highest BCUT2D eigenvalue weighted by Crippen LogP contribution is 2.37. The maximum absolute atomic E-state index is 13.1. The number of nitrogens with one attached hydrogen (secondary N) is 1. The minimum absolute atomic E-state index is 0.132. The quantitative estimate of drug-likeness (QED) is 0.876. The molecule has 0 atom stereocenters. The maximum atomic E-state index is 13.1. The van der Waals surface area contributed by atoms with Crippen LogP contribution in [-0.4, -0.2) is 10.2 Å². The SMILES string of the molecule is N#Cc1cccc2c1CN(c1cn[nH]c(=O)c1C(F)(F)F)C2. The molecule has 0 spiro atoms. The number of hydrogen-bond donors (Lipinski definition) is 1. The van der Waals surface area contributed by atoms with Gasteiger partial charge in [0, 0.05) is 13.1 Å². The predicted molar refractivity (Wildman–Crippen MR) is 70.9 cm³/mol. The number of aromatic nitrogens is 2. The number of rotatable bonds is 1. The number of nitriles is 1. The molecule has 2 heterocycles.